The van der Waals surface area contributed by atoms with E-state index in [9.17, 15) is 9.59 Å². The standard InChI is InChI=1S/C20H19ClN4O2/c1-11(2)13-5-3-12(4-6-13)10-22-25-19(26)18-17(24-20(25)27)15-9-14(21)7-8-16(15)23-18/h3,7-10,13,23H,1,4-6H2,2H3,(H,24,27)/b22-10+/t13-/m1/s1. The van der Waals surface area contributed by atoms with Gasteiger partial charge in [-0.15, -0.1) is 4.68 Å². The van der Waals surface area contributed by atoms with Gasteiger partial charge in [0.25, 0.3) is 0 Å². The number of hydrogen-bond donors (Lipinski definition) is 2. The van der Waals surface area contributed by atoms with Crippen LogP contribution in [0.3, 0.4) is 0 Å². The molecule has 3 aromatic rings. The van der Waals surface area contributed by atoms with Gasteiger partial charge in [0.05, 0.1) is 11.7 Å². The molecule has 0 saturated heterocycles. The lowest BCUT2D eigenvalue weighted by Gasteiger charge is -2.20. The zero-order valence-corrected chi connectivity index (χ0v) is 15.6. The minimum Gasteiger partial charge on any atom is -0.349 e. The lowest BCUT2D eigenvalue weighted by molar-refractivity contribution is 0.548. The third-order valence-corrected chi connectivity index (χ3v) is 5.31. The molecule has 27 heavy (non-hydrogen) atoms. The maximum absolute atomic E-state index is 12.8. The number of benzene rings is 1. The summed E-state index contributed by atoms with van der Waals surface area (Å²) >= 11 is 6.03. The fraction of sp³-hybridized carbons (Fsp3) is 0.250. The Hall–Kier alpha value is -2.86. The van der Waals surface area contributed by atoms with Gasteiger partial charge >= 0.3 is 11.2 Å². The van der Waals surface area contributed by atoms with Gasteiger partial charge in [0, 0.05) is 15.9 Å². The molecule has 1 aromatic carbocycles. The number of aromatic nitrogens is 3. The molecule has 0 fully saturated rings. The van der Waals surface area contributed by atoms with E-state index in [2.05, 4.69) is 27.7 Å². The van der Waals surface area contributed by atoms with Gasteiger partial charge in [0.1, 0.15) is 5.52 Å². The largest absolute Gasteiger partial charge is 0.350 e. The highest BCUT2D eigenvalue weighted by atomic mass is 35.5. The molecule has 0 radical (unpaired) electrons. The van der Waals surface area contributed by atoms with Crippen LogP contribution >= 0.6 is 11.6 Å². The molecule has 6 nitrogen and oxygen atoms in total. The Morgan fingerprint density at radius 2 is 2.15 bits per heavy atom. The Balaban J connectivity index is 1.75. The van der Waals surface area contributed by atoms with Crippen molar-refractivity contribution < 1.29 is 0 Å². The summed E-state index contributed by atoms with van der Waals surface area (Å²) in [5.74, 6) is 0.489. The van der Waals surface area contributed by atoms with Crippen LogP contribution in [0.1, 0.15) is 26.2 Å². The second-order valence-corrected chi connectivity index (χ2v) is 7.39. The molecular weight excluding hydrogens is 364 g/mol. The van der Waals surface area contributed by atoms with Gasteiger partial charge in [0.2, 0.25) is 0 Å². The number of H-pyrrole nitrogens is 2. The van der Waals surface area contributed by atoms with E-state index >= 15 is 0 Å². The first kappa shape index (κ1) is 17.5. The number of hydrogen-bond acceptors (Lipinski definition) is 3. The van der Waals surface area contributed by atoms with Gasteiger partial charge in [-0.25, -0.2) is 4.79 Å². The quantitative estimate of drug-likeness (QED) is 0.531. The van der Waals surface area contributed by atoms with E-state index in [-0.39, 0.29) is 0 Å². The van der Waals surface area contributed by atoms with Crippen molar-refractivity contribution in [3.63, 3.8) is 0 Å². The van der Waals surface area contributed by atoms with Gasteiger partial charge < -0.3 is 9.97 Å². The molecule has 2 heterocycles. The molecule has 0 aliphatic heterocycles. The van der Waals surface area contributed by atoms with Crippen molar-refractivity contribution in [2.24, 2.45) is 11.0 Å². The summed E-state index contributed by atoms with van der Waals surface area (Å²) < 4.78 is 0.852. The van der Waals surface area contributed by atoms with E-state index in [0.717, 1.165) is 35.0 Å². The van der Waals surface area contributed by atoms with Crippen molar-refractivity contribution in [1.82, 2.24) is 14.6 Å². The summed E-state index contributed by atoms with van der Waals surface area (Å²) in [7, 11) is 0. The molecule has 7 heteroatoms. The third kappa shape index (κ3) is 3.17. The number of fused-ring (bicyclic) bond motifs is 3. The van der Waals surface area contributed by atoms with Crippen molar-refractivity contribution in [1.29, 1.82) is 0 Å². The summed E-state index contributed by atoms with van der Waals surface area (Å²) in [4.78, 5) is 30.9. The van der Waals surface area contributed by atoms with Crippen LogP contribution in [0.25, 0.3) is 21.9 Å². The van der Waals surface area contributed by atoms with Crippen LogP contribution in [0, 0.1) is 5.92 Å². The number of allylic oxidation sites excluding steroid dienone is 3. The number of aromatic amines is 2. The zero-order chi connectivity index (χ0) is 19.1. The average molecular weight is 383 g/mol. The fourth-order valence-electron chi connectivity index (χ4n) is 3.47. The van der Waals surface area contributed by atoms with E-state index < -0.39 is 11.2 Å². The highest BCUT2D eigenvalue weighted by molar-refractivity contribution is 6.31. The summed E-state index contributed by atoms with van der Waals surface area (Å²) in [6.07, 6.45) is 6.44. The minimum atomic E-state index is -0.583. The van der Waals surface area contributed by atoms with Crippen LogP contribution in [0.5, 0.6) is 0 Å². The molecule has 0 bridgehead atoms. The van der Waals surface area contributed by atoms with E-state index in [1.807, 2.05) is 6.92 Å². The second-order valence-electron chi connectivity index (χ2n) is 6.95. The smallest absolute Gasteiger partial charge is 0.349 e. The molecule has 1 aliphatic carbocycles. The van der Waals surface area contributed by atoms with Gasteiger partial charge in [-0.1, -0.05) is 29.8 Å². The molecule has 138 valence electrons. The lowest BCUT2D eigenvalue weighted by atomic mass is 9.86. The Kier molecular flexibility index (Phi) is 4.36. The van der Waals surface area contributed by atoms with Crippen LogP contribution in [0.2, 0.25) is 5.02 Å². The van der Waals surface area contributed by atoms with Gasteiger partial charge in [-0.05, 0) is 55.9 Å². The van der Waals surface area contributed by atoms with Gasteiger partial charge in [-0.3, -0.25) is 4.79 Å². The van der Waals surface area contributed by atoms with Gasteiger partial charge in [-0.2, -0.15) is 5.10 Å². The molecule has 0 unspecified atom stereocenters. The maximum atomic E-state index is 12.8. The van der Waals surface area contributed by atoms with E-state index in [1.165, 1.54) is 5.57 Å². The van der Waals surface area contributed by atoms with Crippen molar-refractivity contribution in [2.45, 2.75) is 26.2 Å². The predicted molar refractivity (Wildman–Crippen MR) is 110 cm³/mol. The molecule has 2 aromatic heterocycles. The highest BCUT2D eigenvalue weighted by Gasteiger charge is 2.15. The van der Waals surface area contributed by atoms with Crippen molar-refractivity contribution in [3.05, 3.63) is 67.9 Å². The third-order valence-electron chi connectivity index (χ3n) is 5.07. The molecule has 0 amide bonds. The first-order valence-electron chi connectivity index (χ1n) is 8.79. The van der Waals surface area contributed by atoms with Crippen LogP contribution < -0.4 is 11.2 Å². The van der Waals surface area contributed by atoms with Crippen LogP contribution in [-0.2, 0) is 0 Å². The average Bonchev–Trinajstić information content (AvgIpc) is 3.00. The first-order valence-corrected chi connectivity index (χ1v) is 9.17. The zero-order valence-electron chi connectivity index (χ0n) is 14.9. The van der Waals surface area contributed by atoms with Crippen molar-refractivity contribution >= 4 is 39.8 Å². The van der Waals surface area contributed by atoms with Crippen LogP contribution in [0.15, 0.2) is 56.7 Å². The minimum absolute atomic E-state index is 0.295. The lowest BCUT2D eigenvalue weighted by Crippen LogP contribution is -2.32. The molecule has 4 rings (SSSR count). The topological polar surface area (TPSA) is 83.0 Å². The molecule has 1 atom stereocenters. The van der Waals surface area contributed by atoms with E-state index in [0.29, 0.717) is 27.4 Å². The Labute approximate surface area is 159 Å². The second kappa shape index (κ2) is 6.70. The Bertz CT molecular complexity index is 1240. The molecule has 1 aliphatic rings. The van der Waals surface area contributed by atoms with Gasteiger partial charge in [0.15, 0.2) is 0 Å². The molecule has 2 N–H and O–H groups in total. The summed E-state index contributed by atoms with van der Waals surface area (Å²) in [6.45, 7) is 6.05. The van der Waals surface area contributed by atoms with Crippen molar-refractivity contribution in [2.75, 3.05) is 0 Å². The van der Waals surface area contributed by atoms with E-state index in [1.54, 1.807) is 24.4 Å². The highest BCUT2D eigenvalue weighted by Crippen LogP contribution is 2.27. The summed E-state index contributed by atoms with van der Waals surface area (Å²) in [6, 6.07) is 5.21. The molecular formula is C20H19ClN4O2. The number of rotatable bonds is 3. The summed E-state index contributed by atoms with van der Waals surface area (Å²) in [5.41, 5.74) is 2.58. The predicted octanol–water partition coefficient (Wildman–Crippen LogP) is 3.96. The van der Waals surface area contributed by atoms with Crippen LogP contribution in [0.4, 0.5) is 0 Å². The number of nitrogens with zero attached hydrogens (tertiary/aromatic N) is 2. The Morgan fingerprint density at radius 3 is 2.85 bits per heavy atom. The SMILES string of the molecule is C=C(C)[C@@H]1CC=C(/C=N/n2c(=O)[nH]c3c([nH]c4ccc(Cl)cc43)c2=O)CC1. The number of halogens is 1. The monoisotopic (exact) mass is 382 g/mol. The molecule has 0 saturated carbocycles. The van der Waals surface area contributed by atoms with E-state index in [4.69, 9.17) is 11.6 Å². The molecule has 0 spiro atoms. The van der Waals surface area contributed by atoms with Crippen LogP contribution in [-0.4, -0.2) is 20.9 Å². The van der Waals surface area contributed by atoms with Crippen molar-refractivity contribution in [3.8, 4) is 0 Å². The fourth-order valence-corrected chi connectivity index (χ4v) is 3.64. The number of nitrogens with one attached hydrogen (secondary N) is 2. The normalized spacial score (nSPS) is 17.7. The first-order chi connectivity index (χ1) is 12.9. The summed E-state index contributed by atoms with van der Waals surface area (Å²) in [5, 5.41) is 5.36. The maximum Gasteiger partial charge on any atom is 0.350 e. The Morgan fingerprint density at radius 1 is 1.33 bits per heavy atom.